The summed E-state index contributed by atoms with van der Waals surface area (Å²) in [5, 5.41) is 7.38. The van der Waals surface area contributed by atoms with Crippen molar-refractivity contribution in [1.29, 1.82) is 0 Å². The lowest BCUT2D eigenvalue weighted by Crippen LogP contribution is -2.41. The highest BCUT2D eigenvalue weighted by molar-refractivity contribution is 5.75. The van der Waals surface area contributed by atoms with Crippen LogP contribution in [-0.2, 0) is 22.6 Å². The maximum Gasteiger partial charge on any atom is 0.323 e. The molecule has 0 aromatic carbocycles. The van der Waals surface area contributed by atoms with Crippen molar-refractivity contribution in [1.82, 2.24) is 15.1 Å². The molecule has 5 nitrogen and oxygen atoms in total. The fourth-order valence-electron chi connectivity index (χ4n) is 1.62. The molecule has 0 bridgehead atoms. The van der Waals surface area contributed by atoms with E-state index < -0.39 is 0 Å². The minimum Gasteiger partial charge on any atom is -0.468 e. The number of carbonyl (C=O) groups is 1. The van der Waals surface area contributed by atoms with E-state index >= 15 is 0 Å². The van der Waals surface area contributed by atoms with Gasteiger partial charge in [0, 0.05) is 24.8 Å². The Labute approximate surface area is 102 Å². The molecule has 0 spiro atoms. The van der Waals surface area contributed by atoms with E-state index in [1.165, 1.54) is 7.11 Å². The topological polar surface area (TPSA) is 56.2 Å². The van der Waals surface area contributed by atoms with Gasteiger partial charge in [-0.2, -0.15) is 5.10 Å². The average Bonchev–Trinajstić information content (AvgIpc) is 2.76. The lowest BCUT2D eigenvalue weighted by molar-refractivity contribution is -0.144. The standard InChI is InChI=1S/C12H21N3O2/c1-5-15-8-10(7-14-15)6-13-11(9(2)3)12(16)17-4/h7-9,11,13H,5-6H2,1-4H3. The SMILES string of the molecule is CCn1cc(CNC(C(=O)OC)C(C)C)cn1. The van der Waals surface area contributed by atoms with Crippen molar-refractivity contribution in [3.05, 3.63) is 18.0 Å². The van der Waals surface area contributed by atoms with Crippen molar-refractivity contribution >= 4 is 5.97 Å². The molecule has 0 aliphatic heterocycles. The molecule has 17 heavy (non-hydrogen) atoms. The molecule has 0 fully saturated rings. The fourth-order valence-corrected chi connectivity index (χ4v) is 1.62. The van der Waals surface area contributed by atoms with Gasteiger partial charge in [-0.15, -0.1) is 0 Å². The van der Waals surface area contributed by atoms with Gasteiger partial charge in [-0.1, -0.05) is 13.8 Å². The Hall–Kier alpha value is -1.36. The van der Waals surface area contributed by atoms with E-state index in [-0.39, 0.29) is 17.9 Å². The monoisotopic (exact) mass is 239 g/mol. The summed E-state index contributed by atoms with van der Waals surface area (Å²) in [6.07, 6.45) is 3.78. The summed E-state index contributed by atoms with van der Waals surface area (Å²) in [5.41, 5.74) is 1.07. The molecule has 0 aliphatic rings. The Morgan fingerprint density at radius 1 is 1.59 bits per heavy atom. The summed E-state index contributed by atoms with van der Waals surface area (Å²) < 4.78 is 6.63. The van der Waals surface area contributed by atoms with Gasteiger partial charge >= 0.3 is 5.97 Å². The molecule has 0 aliphatic carbocycles. The molecule has 5 heteroatoms. The third-order valence-corrected chi connectivity index (χ3v) is 2.66. The van der Waals surface area contributed by atoms with Gasteiger partial charge in [0.1, 0.15) is 6.04 Å². The normalized spacial score (nSPS) is 12.8. The number of rotatable bonds is 6. The summed E-state index contributed by atoms with van der Waals surface area (Å²) in [6.45, 7) is 7.49. The number of ether oxygens (including phenoxy) is 1. The molecule has 1 N–H and O–H groups in total. The van der Waals surface area contributed by atoms with Gasteiger partial charge in [0.2, 0.25) is 0 Å². The highest BCUT2D eigenvalue weighted by Gasteiger charge is 2.22. The maximum atomic E-state index is 11.5. The van der Waals surface area contributed by atoms with E-state index in [2.05, 4.69) is 10.4 Å². The van der Waals surface area contributed by atoms with Gasteiger partial charge in [-0.05, 0) is 12.8 Å². The molecule has 96 valence electrons. The highest BCUT2D eigenvalue weighted by Crippen LogP contribution is 2.05. The van der Waals surface area contributed by atoms with Crippen molar-refractivity contribution in [2.75, 3.05) is 7.11 Å². The molecule has 0 saturated heterocycles. The van der Waals surface area contributed by atoms with Crippen LogP contribution in [0.3, 0.4) is 0 Å². The van der Waals surface area contributed by atoms with Gasteiger partial charge in [0.25, 0.3) is 0 Å². The number of esters is 1. The number of aryl methyl sites for hydroxylation is 1. The molecular formula is C12H21N3O2. The number of nitrogens with zero attached hydrogens (tertiary/aromatic N) is 2. The Balaban J connectivity index is 2.54. The number of aromatic nitrogens is 2. The van der Waals surface area contributed by atoms with Crippen molar-refractivity contribution < 1.29 is 9.53 Å². The quantitative estimate of drug-likeness (QED) is 0.758. The zero-order chi connectivity index (χ0) is 12.8. The summed E-state index contributed by atoms with van der Waals surface area (Å²) in [4.78, 5) is 11.5. The van der Waals surface area contributed by atoms with Crippen LogP contribution < -0.4 is 5.32 Å². The van der Waals surface area contributed by atoms with Gasteiger partial charge in [0.05, 0.1) is 13.3 Å². The number of methoxy groups -OCH3 is 1. The molecule has 1 heterocycles. The van der Waals surface area contributed by atoms with Gasteiger partial charge < -0.3 is 4.74 Å². The lowest BCUT2D eigenvalue weighted by atomic mass is 10.0. The third-order valence-electron chi connectivity index (χ3n) is 2.66. The summed E-state index contributed by atoms with van der Waals surface area (Å²) >= 11 is 0. The molecule has 1 aromatic heterocycles. The Morgan fingerprint density at radius 2 is 2.29 bits per heavy atom. The second kappa shape index (κ2) is 6.39. The van der Waals surface area contributed by atoms with E-state index in [0.717, 1.165) is 12.1 Å². The average molecular weight is 239 g/mol. The largest absolute Gasteiger partial charge is 0.468 e. The smallest absolute Gasteiger partial charge is 0.323 e. The molecule has 1 atom stereocenters. The number of carbonyl (C=O) groups excluding carboxylic acids is 1. The Morgan fingerprint density at radius 3 is 2.76 bits per heavy atom. The summed E-state index contributed by atoms with van der Waals surface area (Å²) in [6, 6.07) is -0.273. The van der Waals surface area contributed by atoms with Crippen LogP contribution in [0.4, 0.5) is 0 Å². The Kier molecular flexibility index (Phi) is 5.15. The third kappa shape index (κ3) is 3.85. The van der Waals surface area contributed by atoms with Crippen LogP contribution in [-0.4, -0.2) is 28.9 Å². The minimum absolute atomic E-state index is 0.198. The molecule has 1 rings (SSSR count). The van der Waals surface area contributed by atoms with Crippen LogP contribution in [0.5, 0.6) is 0 Å². The van der Waals surface area contributed by atoms with Crippen LogP contribution in [0.2, 0.25) is 0 Å². The van der Waals surface area contributed by atoms with E-state index in [9.17, 15) is 4.79 Å². The van der Waals surface area contributed by atoms with Crippen molar-refractivity contribution in [3.63, 3.8) is 0 Å². The van der Waals surface area contributed by atoms with E-state index in [1.807, 2.05) is 37.8 Å². The first-order valence-electron chi connectivity index (χ1n) is 5.91. The van der Waals surface area contributed by atoms with E-state index in [0.29, 0.717) is 6.54 Å². The van der Waals surface area contributed by atoms with Crippen molar-refractivity contribution in [2.24, 2.45) is 5.92 Å². The number of hydrogen-bond donors (Lipinski definition) is 1. The maximum absolute atomic E-state index is 11.5. The highest BCUT2D eigenvalue weighted by atomic mass is 16.5. The first kappa shape index (κ1) is 13.7. The van der Waals surface area contributed by atoms with Crippen molar-refractivity contribution in [3.8, 4) is 0 Å². The lowest BCUT2D eigenvalue weighted by Gasteiger charge is -2.19. The van der Waals surface area contributed by atoms with Gasteiger partial charge in [-0.3, -0.25) is 14.8 Å². The van der Waals surface area contributed by atoms with Gasteiger partial charge in [0.15, 0.2) is 0 Å². The number of hydrogen-bond acceptors (Lipinski definition) is 4. The van der Waals surface area contributed by atoms with Gasteiger partial charge in [-0.25, -0.2) is 0 Å². The van der Waals surface area contributed by atoms with E-state index in [4.69, 9.17) is 4.74 Å². The van der Waals surface area contributed by atoms with Crippen LogP contribution in [0.15, 0.2) is 12.4 Å². The predicted molar refractivity (Wildman–Crippen MR) is 65.4 cm³/mol. The van der Waals surface area contributed by atoms with Crippen LogP contribution in [0.1, 0.15) is 26.3 Å². The zero-order valence-corrected chi connectivity index (χ0v) is 10.9. The molecule has 0 amide bonds. The summed E-state index contributed by atoms with van der Waals surface area (Å²) in [5.74, 6) is -0.0217. The molecule has 0 saturated carbocycles. The Bertz CT molecular complexity index is 360. The van der Waals surface area contributed by atoms with Crippen LogP contribution in [0, 0.1) is 5.92 Å². The second-order valence-corrected chi connectivity index (χ2v) is 4.33. The molecule has 1 aromatic rings. The fraction of sp³-hybridized carbons (Fsp3) is 0.667. The van der Waals surface area contributed by atoms with Crippen LogP contribution >= 0.6 is 0 Å². The van der Waals surface area contributed by atoms with Crippen molar-refractivity contribution in [2.45, 2.75) is 39.9 Å². The molecule has 0 radical (unpaired) electrons. The molecular weight excluding hydrogens is 218 g/mol. The first-order chi connectivity index (χ1) is 8.08. The van der Waals surface area contributed by atoms with Crippen LogP contribution in [0.25, 0.3) is 0 Å². The predicted octanol–water partition coefficient (Wildman–Crippen LogP) is 1.19. The number of nitrogens with one attached hydrogen (secondary N) is 1. The van der Waals surface area contributed by atoms with E-state index in [1.54, 1.807) is 0 Å². The zero-order valence-electron chi connectivity index (χ0n) is 10.9. The minimum atomic E-state index is -0.273. The second-order valence-electron chi connectivity index (χ2n) is 4.33. The first-order valence-corrected chi connectivity index (χ1v) is 5.91. The molecule has 1 unspecified atom stereocenters. The summed E-state index contributed by atoms with van der Waals surface area (Å²) in [7, 11) is 1.41.